The van der Waals surface area contributed by atoms with Gasteiger partial charge in [0.05, 0.1) is 47.5 Å². The van der Waals surface area contributed by atoms with Crippen LogP contribution in [0.25, 0.3) is 16.9 Å². The van der Waals surface area contributed by atoms with E-state index in [0.29, 0.717) is 18.4 Å². The normalized spacial score (nSPS) is 15.0. The quantitative estimate of drug-likeness (QED) is 0.0901. The van der Waals surface area contributed by atoms with Gasteiger partial charge in [-0.25, -0.2) is 27.4 Å². The molecule has 1 amide bonds. The van der Waals surface area contributed by atoms with E-state index in [1.165, 1.54) is 24.1 Å². The van der Waals surface area contributed by atoms with Crippen molar-refractivity contribution in [3.8, 4) is 16.9 Å². The van der Waals surface area contributed by atoms with Crippen molar-refractivity contribution in [1.82, 2.24) is 19.5 Å². The Labute approximate surface area is 273 Å². The average molecular weight is 699 g/mol. The van der Waals surface area contributed by atoms with Crippen LogP contribution in [0.4, 0.5) is 22.8 Å². The highest BCUT2D eigenvalue weighted by molar-refractivity contribution is 7.90. The molecule has 0 radical (unpaired) electrons. The molecule has 0 bridgehead atoms. The number of nitrogens with zero attached hydrogens (tertiary/aromatic N) is 5. The summed E-state index contributed by atoms with van der Waals surface area (Å²) >= 11 is 0. The Morgan fingerprint density at radius 1 is 1.10 bits per heavy atom. The first-order valence-electron chi connectivity index (χ1n) is 14.6. The van der Waals surface area contributed by atoms with Gasteiger partial charge >= 0.3 is 18.4 Å². The molecular formula is C29H33F3N6O9S. The zero-order chi connectivity index (χ0) is 35.1. The highest BCUT2D eigenvalue weighted by Gasteiger charge is 2.35. The Balaban J connectivity index is 1.30. The Morgan fingerprint density at radius 2 is 1.75 bits per heavy atom. The number of ether oxygens (including phenoxy) is 3. The van der Waals surface area contributed by atoms with Gasteiger partial charge in [0.25, 0.3) is 16.3 Å². The number of halogens is 3. The molecule has 1 N–H and O–H groups in total. The van der Waals surface area contributed by atoms with E-state index in [0.717, 1.165) is 28.4 Å². The van der Waals surface area contributed by atoms with E-state index in [1.54, 1.807) is 31.2 Å². The number of piperidine rings is 1. The molecule has 2 heterocycles. The molecule has 1 fully saturated rings. The number of hydrazine groups is 1. The van der Waals surface area contributed by atoms with Crippen molar-refractivity contribution in [2.24, 2.45) is 11.2 Å². The number of nitrogens with one attached hydrogen (secondary N) is 1. The number of sulfonamides is 1. The van der Waals surface area contributed by atoms with Crippen LogP contribution < -0.4 is 4.72 Å². The van der Waals surface area contributed by atoms with Crippen LogP contribution in [0.3, 0.4) is 0 Å². The Hall–Kier alpha value is -5.07. The number of carbonyl (C=O) groups is 2. The zero-order valence-electron chi connectivity index (χ0n) is 26.0. The van der Waals surface area contributed by atoms with Crippen LogP contribution in [-0.2, 0) is 35.2 Å². The summed E-state index contributed by atoms with van der Waals surface area (Å²) in [5.41, 5.74) is 0.562. The number of hydrogen-bond donors (Lipinski definition) is 1. The molecule has 260 valence electrons. The van der Waals surface area contributed by atoms with Crippen molar-refractivity contribution >= 4 is 22.3 Å². The lowest BCUT2D eigenvalue weighted by atomic mass is 9.99. The predicted molar refractivity (Wildman–Crippen MR) is 159 cm³/mol. The van der Waals surface area contributed by atoms with Gasteiger partial charge in [-0.05, 0) is 62.9 Å². The second kappa shape index (κ2) is 15.2. The maximum absolute atomic E-state index is 13.5. The van der Waals surface area contributed by atoms with Crippen LogP contribution in [0.5, 0.6) is 0 Å². The van der Waals surface area contributed by atoms with Crippen LogP contribution in [-0.4, -0.2) is 73.0 Å². The highest BCUT2D eigenvalue weighted by Crippen LogP contribution is 2.33. The first-order valence-corrected chi connectivity index (χ1v) is 16.1. The van der Waals surface area contributed by atoms with Crippen molar-refractivity contribution in [3.63, 3.8) is 0 Å². The number of benzene rings is 2. The lowest BCUT2D eigenvalue weighted by Gasteiger charge is -2.27. The Morgan fingerprint density at radius 3 is 2.35 bits per heavy atom. The number of rotatable bonds is 11. The number of aryl methyl sites for hydroxylation is 1. The second-order valence-electron chi connectivity index (χ2n) is 10.6. The third kappa shape index (κ3) is 9.49. The topological polar surface area (TPSA) is 177 Å². The number of amides is 1. The molecule has 15 nitrogen and oxygen atoms in total. The van der Waals surface area contributed by atoms with E-state index in [-0.39, 0.29) is 53.5 Å². The fraction of sp³-hybridized carbons (Fsp3) is 0.414. The van der Waals surface area contributed by atoms with E-state index in [2.05, 4.69) is 15.1 Å². The summed E-state index contributed by atoms with van der Waals surface area (Å²) in [5.74, 6) is -0.187. The molecule has 48 heavy (non-hydrogen) atoms. The molecule has 0 aliphatic carbocycles. The first-order chi connectivity index (χ1) is 22.7. The molecule has 2 aromatic carbocycles. The van der Waals surface area contributed by atoms with Gasteiger partial charge in [0.1, 0.15) is 0 Å². The van der Waals surface area contributed by atoms with E-state index in [9.17, 15) is 36.4 Å². The molecule has 1 saturated heterocycles. The minimum Gasteiger partial charge on any atom is -0.569 e. The zero-order valence-corrected chi connectivity index (χ0v) is 26.9. The van der Waals surface area contributed by atoms with Gasteiger partial charge in [-0.15, -0.1) is 5.01 Å². The predicted octanol–water partition coefficient (Wildman–Crippen LogP) is 5.32. The molecule has 1 aliphatic heterocycles. The Bertz CT molecular complexity index is 1710. The van der Waals surface area contributed by atoms with Crippen LogP contribution in [0.1, 0.15) is 37.9 Å². The van der Waals surface area contributed by atoms with Crippen LogP contribution >= 0.6 is 0 Å². The minimum atomic E-state index is -4.71. The molecular weight excluding hydrogens is 665 g/mol. The Kier molecular flexibility index (Phi) is 11.3. The summed E-state index contributed by atoms with van der Waals surface area (Å²) in [6.07, 6.45) is -7.28. The summed E-state index contributed by atoms with van der Waals surface area (Å²) in [4.78, 5) is 28.3. The van der Waals surface area contributed by atoms with Gasteiger partial charge in [-0.2, -0.15) is 18.3 Å². The molecule has 0 spiro atoms. The lowest BCUT2D eigenvalue weighted by Crippen LogP contribution is -2.40. The molecule has 0 saturated carbocycles. The van der Waals surface area contributed by atoms with Gasteiger partial charge < -0.3 is 19.4 Å². The molecule has 1 aliphatic rings. The summed E-state index contributed by atoms with van der Waals surface area (Å²) in [7, 11) is -4.40. The number of aromatic nitrogens is 2. The lowest BCUT2D eigenvalue weighted by molar-refractivity contribution is -0.715. The fourth-order valence-electron chi connectivity index (χ4n) is 4.53. The maximum atomic E-state index is 13.5. The summed E-state index contributed by atoms with van der Waals surface area (Å²) < 4.78 is 83.5. The van der Waals surface area contributed by atoms with Crippen molar-refractivity contribution in [1.29, 1.82) is 0 Å². The van der Waals surface area contributed by atoms with Crippen molar-refractivity contribution in [3.05, 3.63) is 71.1 Å². The molecule has 3 aromatic rings. The van der Waals surface area contributed by atoms with Crippen LogP contribution in [0.15, 0.2) is 64.8 Å². The first kappa shape index (κ1) is 35.8. The monoisotopic (exact) mass is 698 g/mol. The summed E-state index contributed by atoms with van der Waals surface area (Å²) in [6, 6.07) is 12.5. The molecule has 4 rings (SSSR count). The van der Waals surface area contributed by atoms with E-state index in [1.807, 2.05) is 11.6 Å². The minimum absolute atomic E-state index is 0.101. The second-order valence-corrected chi connectivity index (χ2v) is 12.3. The van der Waals surface area contributed by atoms with Crippen molar-refractivity contribution in [2.75, 3.05) is 26.3 Å². The highest BCUT2D eigenvalue weighted by atomic mass is 32.2. The van der Waals surface area contributed by atoms with Crippen LogP contribution in [0.2, 0.25) is 0 Å². The number of alkyl halides is 3. The van der Waals surface area contributed by atoms with Gasteiger partial charge in [0.2, 0.25) is 5.28 Å². The van der Waals surface area contributed by atoms with Crippen LogP contribution in [0, 0.1) is 18.0 Å². The largest absolute Gasteiger partial charge is 0.569 e. The van der Waals surface area contributed by atoms with Gasteiger partial charge in [-0.3, -0.25) is 4.84 Å². The van der Waals surface area contributed by atoms with Crippen molar-refractivity contribution in [2.45, 2.75) is 51.0 Å². The third-order valence-corrected chi connectivity index (χ3v) is 8.36. The maximum Gasteiger partial charge on any atom is 0.511 e. The van der Waals surface area contributed by atoms with E-state index in [4.69, 9.17) is 14.3 Å². The molecule has 1 atom stereocenters. The van der Waals surface area contributed by atoms with E-state index < -0.39 is 40.4 Å². The van der Waals surface area contributed by atoms with Gasteiger partial charge in [0, 0.05) is 12.5 Å². The molecule has 1 unspecified atom stereocenters. The number of carbonyl (C=O) groups excluding carboxylic acids is 2. The SMILES string of the molecule is CCOC(=O)OC(C)O/N=[N+](\[O-])N1CCC(COC(=O)NS(=O)(=O)c2ccc(-n3nc(C(F)(F)F)cc3-c3ccc(C)cc3)cc2)CC1. The summed E-state index contributed by atoms with van der Waals surface area (Å²) in [5, 5.41) is 20.5. The van der Waals surface area contributed by atoms with Crippen molar-refractivity contribution < 1.29 is 55.2 Å². The van der Waals surface area contributed by atoms with E-state index >= 15 is 0 Å². The van der Waals surface area contributed by atoms with Gasteiger partial charge in [0.15, 0.2) is 5.69 Å². The molecule has 19 heteroatoms. The number of hydrogen-bond acceptors (Lipinski definition) is 11. The third-order valence-electron chi connectivity index (χ3n) is 7.03. The standard InChI is InChI=1S/C29H33F3N6O9S/c1-4-44-28(40)46-20(3)47-35-38(41)36-15-13-21(14-16-36)18-45-27(39)34-48(42,43)24-11-9-23(10-12-24)37-25(17-26(33-37)29(30,31)32)22-7-5-19(2)6-8-22/h5-12,17,20-21H,4,13-16,18H2,1-3H3,(H,34,39)/b38-35-. The molecule has 1 aromatic heterocycles. The fourth-order valence-corrected chi connectivity index (χ4v) is 5.42. The summed E-state index contributed by atoms with van der Waals surface area (Å²) in [6.45, 7) is 5.18. The smallest absolute Gasteiger partial charge is 0.511 e. The average Bonchev–Trinajstić information content (AvgIpc) is 3.50. The van der Waals surface area contributed by atoms with Gasteiger partial charge in [-0.1, -0.05) is 29.8 Å².